The van der Waals surface area contributed by atoms with Gasteiger partial charge in [0.15, 0.2) is 9.84 Å². The van der Waals surface area contributed by atoms with E-state index in [0.29, 0.717) is 0 Å². The summed E-state index contributed by atoms with van der Waals surface area (Å²) in [4.78, 5) is 10.3. The summed E-state index contributed by atoms with van der Waals surface area (Å²) in [5.74, 6) is -2.14. The fourth-order valence-electron chi connectivity index (χ4n) is 1.14. The van der Waals surface area contributed by atoms with Gasteiger partial charge in [-0.2, -0.15) is 0 Å². The first-order valence-electron chi connectivity index (χ1n) is 4.30. The molecule has 0 radical (unpaired) electrons. The number of hydrogen-bond acceptors (Lipinski definition) is 3. The fourth-order valence-corrected chi connectivity index (χ4v) is 3.04. The highest BCUT2D eigenvalue weighted by molar-refractivity contribution is 7.91. The third-order valence-corrected chi connectivity index (χ3v) is 4.37. The zero-order chi connectivity index (χ0) is 13.2. The standard InChI is InChI=1S/C9H7Cl2FO4S/c10-6-4-7(11)8(3-5(6)9(13)14)17(15,16)2-1-12/h3-4H,1-2H2,(H,13,14). The molecule has 0 fully saturated rings. The van der Waals surface area contributed by atoms with Crippen molar-refractivity contribution in [1.29, 1.82) is 0 Å². The van der Waals surface area contributed by atoms with E-state index >= 15 is 0 Å². The van der Waals surface area contributed by atoms with E-state index in [4.69, 9.17) is 28.3 Å². The van der Waals surface area contributed by atoms with Crippen LogP contribution in [0.2, 0.25) is 10.0 Å². The monoisotopic (exact) mass is 300 g/mol. The number of rotatable bonds is 4. The highest BCUT2D eigenvalue weighted by Gasteiger charge is 2.22. The lowest BCUT2D eigenvalue weighted by molar-refractivity contribution is 0.0697. The highest BCUT2D eigenvalue weighted by atomic mass is 35.5. The lowest BCUT2D eigenvalue weighted by Crippen LogP contribution is -2.10. The van der Waals surface area contributed by atoms with Gasteiger partial charge >= 0.3 is 5.97 Å². The number of alkyl halides is 1. The minimum atomic E-state index is -3.94. The Morgan fingerprint density at radius 2 is 1.88 bits per heavy atom. The average molecular weight is 301 g/mol. The van der Waals surface area contributed by atoms with Crippen molar-refractivity contribution < 1.29 is 22.7 Å². The van der Waals surface area contributed by atoms with Crippen LogP contribution in [0.1, 0.15) is 10.4 Å². The van der Waals surface area contributed by atoms with Gasteiger partial charge in [-0.3, -0.25) is 0 Å². The van der Waals surface area contributed by atoms with Crippen LogP contribution in [0.15, 0.2) is 17.0 Å². The highest BCUT2D eigenvalue weighted by Crippen LogP contribution is 2.29. The molecule has 94 valence electrons. The first-order valence-corrected chi connectivity index (χ1v) is 6.71. The second kappa shape index (κ2) is 5.20. The molecule has 0 unspecified atom stereocenters. The molecule has 0 aromatic heterocycles. The number of halogens is 3. The molecule has 1 aromatic rings. The van der Waals surface area contributed by atoms with Crippen LogP contribution >= 0.6 is 23.2 Å². The van der Waals surface area contributed by atoms with E-state index in [1.165, 1.54) is 0 Å². The summed E-state index contributed by atoms with van der Waals surface area (Å²) in [5, 5.41) is 8.37. The number of carboxylic acid groups (broad SMARTS) is 1. The van der Waals surface area contributed by atoms with E-state index in [0.717, 1.165) is 12.1 Å². The molecule has 0 aliphatic carbocycles. The minimum absolute atomic E-state index is 0.179. The third kappa shape index (κ3) is 3.08. The van der Waals surface area contributed by atoms with Crippen molar-refractivity contribution in [1.82, 2.24) is 0 Å². The Kier molecular flexibility index (Phi) is 4.35. The number of sulfone groups is 1. The van der Waals surface area contributed by atoms with Crippen molar-refractivity contribution in [3.05, 3.63) is 27.7 Å². The molecule has 1 N–H and O–H groups in total. The van der Waals surface area contributed by atoms with E-state index in [1.807, 2.05) is 0 Å². The maximum absolute atomic E-state index is 12.1. The molecule has 0 aliphatic heterocycles. The van der Waals surface area contributed by atoms with Crippen molar-refractivity contribution >= 4 is 39.0 Å². The van der Waals surface area contributed by atoms with E-state index in [2.05, 4.69) is 0 Å². The Labute approximate surface area is 107 Å². The number of aromatic carboxylic acids is 1. The summed E-state index contributed by atoms with van der Waals surface area (Å²) in [7, 11) is -3.94. The predicted molar refractivity (Wildman–Crippen MR) is 61.4 cm³/mol. The normalized spacial score (nSPS) is 11.5. The molecule has 17 heavy (non-hydrogen) atoms. The van der Waals surface area contributed by atoms with E-state index in [1.54, 1.807) is 0 Å². The third-order valence-electron chi connectivity index (χ3n) is 1.93. The Bertz CT molecular complexity index is 556. The minimum Gasteiger partial charge on any atom is -0.478 e. The van der Waals surface area contributed by atoms with Crippen molar-refractivity contribution in [3.8, 4) is 0 Å². The molecule has 0 saturated carbocycles. The maximum atomic E-state index is 12.1. The van der Waals surface area contributed by atoms with Crippen LogP contribution in [0.5, 0.6) is 0 Å². The molecule has 0 saturated heterocycles. The molecule has 1 aromatic carbocycles. The van der Waals surface area contributed by atoms with Crippen molar-refractivity contribution in [3.63, 3.8) is 0 Å². The molecule has 4 nitrogen and oxygen atoms in total. The molecule has 0 spiro atoms. The van der Waals surface area contributed by atoms with Gasteiger partial charge in [0.05, 0.1) is 26.3 Å². The van der Waals surface area contributed by atoms with Gasteiger partial charge in [-0.15, -0.1) is 0 Å². The zero-order valence-corrected chi connectivity index (χ0v) is 10.6. The zero-order valence-electron chi connectivity index (χ0n) is 8.28. The quantitative estimate of drug-likeness (QED) is 0.927. The molecule has 1 rings (SSSR count). The second-order valence-corrected chi connectivity index (χ2v) is 5.97. The lowest BCUT2D eigenvalue weighted by Gasteiger charge is -2.07. The number of carboxylic acids is 1. The molecule has 0 bridgehead atoms. The Balaban J connectivity index is 3.45. The first-order chi connectivity index (χ1) is 7.79. The van der Waals surface area contributed by atoms with Crippen molar-refractivity contribution in [2.24, 2.45) is 0 Å². The van der Waals surface area contributed by atoms with Crippen LogP contribution < -0.4 is 0 Å². The van der Waals surface area contributed by atoms with Crippen LogP contribution in [0.3, 0.4) is 0 Å². The SMILES string of the molecule is O=C(O)c1cc(S(=O)(=O)CCF)c(Cl)cc1Cl. The number of carbonyl (C=O) groups is 1. The topological polar surface area (TPSA) is 71.4 Å². The summed E-state index contributed by atoms with van der Waals surface area (Å²) >= 11 is 11.2. The van der Waals surface area contributed by atoms with Crippen molar-refractivity contribution in [2.75, 3.05) is 12.4 Å². The Hall–Kier alpha value is -0.850. The largest absolute Gasteiger partial charge is 0.478 e. The maximum Gasteiger partial charge on any atom is 0.337 e. The van der Waals surface area contributed by atoms with Gasteiger partial charge in [-0.05, 0) is 12.1 Å². The molecular weight excluding hydrogens is 294 g/mol. The average Bonchev–Trinajstić information content (AvgIpc) is 2.15. The van der Waals surface area contributed by atoms with Gasteiger partial charge in [0.2, 0.25) is 0 Å². The van der Waals surface area contributed by atoms with E-state index < -0.39 is 38.7 Å². The van der Waals surface area contributed by atoms with Gasteiger partial charge < -0.3 is 5.11 Å². The number of benzene rings is 1. The van der Waals surface area contributed by atoms with Crippen LogP contribution in [0.25, 0.3) is 0 Å². The Morgan fingerprint density at radius 1 is 1.29 bits per heavy atom. The van der Waals surface area contributed by atoms with Crippen LogP contribution in [0.4, 0.5) is 4.39 Å². The molecule has 0 aliphatic rings. The van der Waals surface area contributed by atoms with E-state index in [9.17, 15) is 17.6 Å². The van der Waals surface area contributed by atoms with Gasteiger partial charge in [0.1, 0.15) is 6.67 Å². The van der Waals surface area contributed by atoms with Crippen LogP contribution in [0, 0.1) is 0 Å². The van der Waals surface area contributed by atoms with Crippen LogP contribution in [-0.4, -0.2) is 31.9 Å². The Morgan fingerprint density at radius 3 is 2.35 bits per heavy atom. The second-order valence-electron chi connectivity index (χ2n) is 3.08. The summed E-state index contributed by atoms with van der Waals surface area (Å²) < 4.78 is 35.2. The van der Waals surface area contributed by atoms with Gasteiger partial charge in [-0.25, -0.2) is 17.6 Å². The summed E-state index contributed by atoms with van der Waals surface area (Å²) in [6.07, 6.45) is 0. The van der Waals surface area contributed by atoms with Crippen LogP contribution in [-0.2, 0) is 9.84 Å². The van der Waals surface area contributed by atoms with Gasteiger partial charge in [0.25, 0.3) is 0 Å². The lowest BCUT2D eigenvalue weighted by atomic mass is 10.2. The first kappa shape index (κ1) is 14.2. The molecule has 0 heterocycles. The van der Waals surface area contributed by atoms with Gasteiger partial charge in [0, 0.05) is 0 Å². The molecular formula is C9H7Cl2FO4S. The van der Waals surface area contributed by atoms with E-state index in [-0.39, 0.29) is 10.0 Å². The summed E-state index contributed by atoms with van der Waals surface area (Å²) in [6.45, 7) is -1.08. The molecule has 0 amide bonds. The fraction of sp³-hybridized carbons (Fsp3) is 0.222. The molecule has 8 heteroatoms. The van der Waals surface area contributed by atoms with Gasteiger partial charge in [-0.1, -0.05) is 23.2 Å². The van der Waals surface area contributed by atoms with Crippen molar-refractivity contribution in [2.45, 2.75) is 4.90 Å². The smallest absolute Gasteiger partial charge is 0.337 e. The predicted octanol–water partition coefficient (Wildman–Crippen LogP) is 2.43. The molecule has 0 atom stereocenters. The summed E-state index contributed by atoms with van der Waals surface area (Å²) in [6, 6.07) is 1.84. The summed E-state index contributed by atoms with van der Waals surface area (Å²) in [5.41, 5.74) is -0.395. The number of hydrogen-bond donors (Lipinski definition) is 1.